The molecule has 0 bridgehead atoms. The molecule has 1 aliphatic heterocycles. The van der Waals surface area contributed by atoms with E-state index >= 15 is 0 Å². The Morgan fingerprint density at radius 3 is 2.50 bits per heavy atom. The third-order valence-electron chi connectivity index (χ3n) is 2.19. The number of nitrogens with zero attached hydrogens (tertiary/aromatic N) is 1. The summed E-state index contributed by atoms with van der Waals surface area (Å²) >= 11 is 0. The van der Waals surface area contributed by atoms with Gasteiger partial charge in [-0.05, 0) is 25.5 Å². The monoisotopic (exact) mass is 159 g/mol. The molecule has 62 valence electrons. The molecule has 0 radical (unpaired) electrons. The van der Waals surface area contributed by atoms with Gasteiger partial charge in [0.15, 0.2) is 0 Å². The zero-order valence-electron chi connectivity index (χ0n) is 7.33. The highest BCUT2D eigenvalue weighted by Crippen LogP contribution is 2.18. The van der Waals surface area contributed by atoms with E-state index in [0.29, 0.717) is 0 Å². The second-order valence-corrected chi connectivity index (χ2v) is 3.20. The van der Waals surface area contributed by atoms with Crippen molar-refractivity contribution >= 4 is 5.69 Å². The van der Waals surface area contributed by atoms with E-state index in [1.807, 2.05) is 0 Å². The molecule has 0 amide bonds. The van der Waals surface area contributed by atoms with Crippen molar-refractivity contribution in [1.29, 1.82) is 0 Å². The first-order valence-corrected chi connectivity index (χ1v) is 4.36. The zero-order chi connectivity index (χ0) is 8.39. The van der Waals surface area contributed by atoms with Crippen LogP contribution in [0.15, 0.2) is 36.5 Å². The maximum Gasteiger partial charge on any atom is 0.0406 e. The molecule has 0 N–H and O–H groups in total. The van der Waals surface area contributed by atoms with Gasteiger partial charge in [-0.25, -0.2) is 0 Å². The highest BCUT2D eigenvalue weighted by atomic mass is 15.1. The summed E-state index contributed by atoms with van der Waals surface area (Å²) in [7, 11) is 0. The third kappa shape index (κ3) is 1.35. The molecule has 0 atom stereocenters. The van der Waals surface area contributed by atoms with Gasteiger partial charge in [-0.2, -0.15) is 0 Å². The number of hydrogen-bond acceptors (Lipinski definition) is 1. The van der Waals surface area contributed by atoms with Crippen molar-refractivity contribution in [2.75, 3.05) is 11.4 Å². The lowest BCUT2D eigenvalue weighted by molar-refractivity contribution is 0.999. The lowest BCUT2D eigenvalue weighted by Crippen LogP contribution is -2.11. The number of rotatable bonds is 1. The van der Waals surface area contributed by atoms with Gasteiger partial charge in [-0.15, -0.1) is 0 Å². The predicted molar refractivity (Wildman–Crippen MR) is 52.3 cm³/mol. The summed E-state index contributed by atoms with van der Waals surface area (Å²) in [5.74, 6) is 0. The van der Waals surface area contributed by atoms with Gasteiger partial charge in [0.2, 0.25) is 0 Å². The molecule has 1 heterocycles. The van der Waals surface area contributed by atoms with Crippen LogP contribution in [0.1, 0.15) is 12.0 Å². The molecular formula is C11H13N. The Labute approximate surface area is 73.3 Å². The fraction of sp³-hybridized carbons (Fsp3) is 0.273. The highest BCUT2D eigenvalue weighted by Gasteiger charge is 2.05. The van der Waals surface area contributed by atoms with Crippen molar-refractivity contribution in [3.05, 3.63) is 42.1 Å². The van der Waals surface area contributed by atoms with E-state index in [-0.39, 0.29) is 0 Å². The quantitative estimate of drug-likeness (QED) is 0.609. The molecule has 0 saturated carbocycles. The van der Waals surface area contributed by atoms with E-state index in [1.54, 1.807) is 0 Å². The molecule has 0 aromatic heterocycles. The Morgan fingerprint density at radius 1 is 1.17 bits per heavy atom. The average molecular weight is 159 g/mol. The fourth-order valence-electron chi connectivity index (χ4n) is 1.44. The first-order chi connectivity index (χ1) is 5.86. The largest absolute Gasteiger partial charge is 0.348 e. The molecule has 0 fully saturated rings. The highest BCUT2D eigenvalue weighted by molar-refractivity contribution is 5.51. The molecule has 1 aromatic rings. The molecule has 0 spiro atoms. The minimum absolute atomic E-state index is 1.13. The van der Waals surface area contributed by atoms with Crippen molar-refractivity contribution in [3.8, 4) is 0 Å². The van der Waals surface area contributed by atoms with Crippen molar-refractivity contribution in [1.82, 2.24) is 0 Å². The molecule has 2 rings (SSSR count). The smallest absolute Gasteiger partial charge is 0.0406 e. The second kappa shape index (κ2) is 3.02. The molecule has 1 heteroatoms. The van der Waals surface area contributed by atoms with Crippen LogP contribution >= 0.6 is 0 Å². The molecule has 1 nitrogen and oxygen atoms in total. The lowest BCUT2D eigenvalue weighted by Gasteiger charge is -2.15. The van der Waals surface area contributed by atoms with Gasteiger partial charge >= 0.3 is 0 Å². The summed E-state index contributed by atoms with van der Waals surface area (Å²) in [4.78, 5) is 2.28. The second-order valence-electron chi connectivity index (χ2n) is 3.20. The summed E-state index contributed by atoms with van der Waals surface area (Å²) in [6.07, 6.45) is 5.54. The molecule has 0 unspecified atom stereocenters. The molecule has 12 heavy (non-hydrogen) atoms. The van der Waals surface area contributed by atoms with Gasteiger partial charge in [0, 0.05) is 18.4 Å². The minimum atomic E-state index is 1.13. The van der Waals surface area contributed by atoms with E-state index in [9.17, 15) is 0 Å². The fourth-order valence-corrected chi connectivity index (χ4v) is 1.44. The predicted octanol–water partition coefficient (Wildman–Crippen LogP) is 2.72. The number of anilines is 1. The summed E-state index contributed by atoms with van der Waals surface area (Å²) in [5, 5.41) is 0. The number of benzene rings is 1. The minimum Gasteiger partial charge on any atom is -0.348 e. The van der Waals surface area contributed by atoms with Gasteiger partial charge < -0.3 is 4.90 Å². The Hall–Kier alpha value is -1.24. The number of hydrogen-bond donors (Lipinski definition) is 0. The third-order valence-corrected chi connectivity index (χ3v) is 2.19. The topological polar surface area (TPSA) is 3.24 Å². The standard InChI is InChI=1S/C11H13N/c1-10-4-6-11(7-5-10)12-8-2-3-9-12/h2,4-8H,3,9H2,1H3. The van der Waals surface area contributed by atoms with Crippen LogP contribution in [-0.2, 0) is 0 Å². The molecule has 1 aromatic carbocycles. The van der Waals surface area contributed by atoms with Crippen LogP contribution in [0.3, 0.4) is 0 Å². The first kappa shape index (κ1) is 7.41. The van der Waals surface area contributed by atoms with Crippen molar-refractivity contribution in [2.24, 2.45) is 0 Å². The maximum atomic E-state index is 2.28. The van der Waals surface area contributed by atoms with Gasteiger partial charge in [-0.3, -0.25) is 0 Å². The molecular weight excluding hydrogens is 146 g/mol. The Balaban J connectivity index is 2.23. The zero-order valence-corrected chi connectivity index (χ0v) is 7.33. The lowest BCUT2D eigenvalue weighted by atomic mass is 10.2. The van der Waals surface area contributed by atoms with Crippen LogP contribution in [0.5, 0.6) is 0 Å². The normalized spacial score (nSPS) is 15.6. The Kier molecular flexibility index (Phi) is 1.86. The van der Waals surface area contributed by atoms with Crippen LogP contribution in [0, 0.1) is 6.92 Å². The van der Waals surface area contributed by atoms with E-state index < -0.39 is 0 Å². The van der Waals surface area contributed by atoms with Gasteiger partial charge in [0.25, 0.3) is 0 Å². The van der Waals surface area contributed by atoms with E-state index in [4.69, 9.17) is 0 Å². The summed E-state index contributed by atoms with van der Waals surface area (Å²) in [6, 6.07) is 8.65. The van der Waals surface area contributed by atoms with Crippen LogP contribution in [0.2, 0.25) is 0 Å². The van der Waals surface area contributed by atoms with Crippen LogP contribution in [-0.4, -0.2) is 6.54 Å². The van der Waals surface area contributed by atoms with Crippen molar-refractivity contribution in [3.63, 3.8) is 0 Å². The van der Waals surface area contributed by atoms with E-state index in [2.05, 4.69) is 48.4 Å². The van der Waals surface area contributed by atoms with E-state index in [0.717, 1.165) is 6.54 Å². The van der Waals surface area contributed by atoms with Crippen molar-refractivity contribution < 1.29 is 0 Å². The average Bonchev–Trinajstić information content (AvgIpc) is 2.58. The Morgan fingerprint density at radius 2 is 1.92 bits per heavy atom. The molecule has 1 aliphatic rings. The SMILES string of the molecule is Cc1ccc(N2C=CCC2)cc1. The summed E-state index contributed by atoms with van der Waals surface area (Å²) in [5.41, 5.74) is 2.62. The van der Waals surface area contributed by atoms with E-state index in [1.165, 1.54) is 17.7 Å². The summed E-state index contributed by atoms with van der Waals surface area (Å²) < 4.78 is 0. The van der Waals surface area contributed by atoms with Gasteiger partial charge in [0.05, 0.1) is 0 Å². The van der Waals surface area contributed by atoms with Crippen LogP contribution in [0.4, 0.5) is 5.69 Å². The maximum absolute atomic E-state index is 2.28. The molecule has 0 aliphatic carbocycles. The van der Waals surface area contributed by atoms with Crippen LogP contribution in [0.25, 0.3) is 0 Å². The molecule has 0 saturated heterocycles. The number of aryl methyl sites for hydroxylation is 1. The summed E-state index contributed by atoms with van der Waals surface area (Å²) in [6.45, 7) is 3.24. The van der Waals surface area contributed by atoms with Crippen LogP contribution < -0.4 is 4.90 Å². The first-order valence-electron chi connectivity index (χ1n) is 4.36. The van der Waals surface area contributed by atoms with Gasteiger partial charge in [-0.1, -0.05) is 23.8 Å². The van der Waals surface area contributed by atoms with Gasteiger partial charge in [0.1, 0.15) is 0 Å². The Bertz CT molecular complexity index is 284. The van der Waals surface area contributed by atoms with Crippen molar-refractivity contribution in [2.45, 2.75) is 13.3 Å².